The zero-order chi connectivity index (χ0) is 12.3. The molecule has 1 N–H and O–H groups in total. The summed E-state index contributed by atoms with van der Waals surface area (Å²) in [4.78, 5) is 14.1. The number of esters is 1. The summed E-state index contributed by atoms with van der Waals surface area (Å²) in [6.45, 7) is 0. The van der Waals surface area contributed by atoms with Crippen molar-refractivity contribution in [2.45, 2.75) is 18.9 Å². The number of carbonyl (C=O) groups is 1. The molecule has 1 aliphatic rings. The number of benzene rings is 1. The van der Waals surface area contributed by atoms with Gasteiger partial charge in [0.2, 0.25) is 0 Å². The van der Waals surface area contributed by atoms with Crippen LogP contribution in [0, 0.1) is 0 Å². The minimum Gasteiger partial charge on any atom is -0.465 e. The van der Waals surface area contributed by atoms with E-state index in [2.05, 4.69) is 20.1 Å². The molecular formula is C11H12N4O2. The smallest absolute Gasteiger partial charge is 0.337 e. The van der Waals surface area contributed by atoms with Crippen molar-refractivity contribution in [1.82, 2.24) is 0 Å². The Labute approximate surface area is 98.2 Å². The van der Waals surface area contributed by atoms with Crippen LogP contribution in [0.2, 0.25) is 0 Å². The number of ether oxygens (including phenoxy) is 1. The Hall–Kier alpha value is -2.20. The maximum absolute atomic E-state index is 11.3. The Morgan fingerprint density at radius 2 is 2.35 bits per heavy atom. The average Bonchev–Trinajstić information content (AvgIpc) is 3.14. The van der Waals surface area contributed by atoms with Crippen LogP contribution in [-0.2, 0) is 4.74 Å². The highest BCUT2D eigenvalue weighted by Gasteiger charge is 2.22. The predicted octanol–water partition coefficient (Wildman–Crippen LogP) is 2.99. The van der Waals surface area contributed by atoms with Crippen molar-refractivity contribution in [2.24, 2.45) is 5.11 Å². The van der Waals surface area contributed by atoms with Crippen LogP contribution in [0.1, 0.15) is 23.2 Å². The lowest BCUT2D eigenvalue weighted by Gasteiger charge is -2.09. The fraction of sp³-hybridized carbons (Fsp3) is 0.364. The molecule has 17 heavy (non-hydrogen) atoms. The van der Waals surface area contributed by atoms with Gasteiger partial charge in [-0.3, -0.25) is 0 Å². The lowest BCUT2D eigenvalue weighted by Crippen LogP contribution is -2.04. The topological polar surface area (TPSA) is 87.1 Å². The third-order valence-corrected chi connectivity index (χ3v) is 2.51. The molecule has 1 aromatic rings. The van der Waals surface area contributed by atoms with Crippen molar-refractivity contribution in [3.8, 4) is 0 Å². The summed E-state index contributed by atoms with van der Waals surface area (Å²) in [7, 11) is 1.31. The molecule has 2 rings (SSSR count). The second kappa shape index (κ2) is 4.76. The molecule has 0 aliphatic heterocycles. The standard InChI is InChI=1S/C11H12N4O2/c1-17-11(16)7-2-5-9(13-8-3-4-8)10(6-7)14-15-12/h2,5-6,8,13H,3-4H2,1H3. The highest BCUT2D eigenvalue weighted by molar-refractivity contribution is 5.91. The minimum absolute atomic E-state index is 0.372. The van der Waals surface area contributed by atoms with Gasteiger partial charge in [-0.05, 0) is 36.6 Å². The van der Waals surface area contributed by atoms with E-state index in [1.807, 2.05) is 0 Å². The van der Waals surface area contributed by atoms with Gasteiger partial charge in [0.25, 0.3) is 0 Å². The summed E-state index contributed by atoms with van der Waals surface area (Å²) in [5.74, 6) is -0.447. The number of rotatable bonds is 4. The summed E-state index contributed by atoms with van der Waals surface area (Å²) >= 11 is 0. The van der Waals surface area contributed by atoms with E-state index in [1.54, 1.807) is 12.1 Å². The first-order valence-corrected chi connectivity index (χ1v) is 5.28. The molecule has 0 saturated heterocycles. The molecule has 0 unspecified atom stereocenters. The Bertz CT molecular complexity index is 490. The first kappa shape index (κ1) is 11.3. The molecule has 0 bridgehead atoms. The normalized spacial score (nSPS) is 13.7. The second-order valence-corrected chi connectivity index (χ2v) is 3.83. The first-order chi connectivity index (χ1) is 8.24. The van der Waals surface area contributed by atoms with E-state index in [9.17, 15) is 4.79 Å². The Balaban J connectivity index is 2.32. The van der Waals surface area contributed by atoms with Crippen LogP contribution in [0.5, 0.6) is 0 Å². The third-order valence-electron chi connectivity index (χ3n) is 2.51. The highest BCUT2D eigenvalue weighted by atomic mass is 16.5. The van der Waals surface area contributed by atoms with Gasteiger partial charge in [0.1, 0.15) is 0 Å². The van der Waals surface area contributed by atoms with E-state index < -0.39 is 5.97 Å². The van der Waals surface area contributed by atoms with Crippen molar-refractivity contribution < 1.29 is 9.53 Å². The quantitative estimate of drug-likeness (QED) is 0.374. The SMILES string of the molecule is COC(=O)c1ccc(NC2CC2)c(N=[N+]=[N-])c1. The van der Waals surface area contributed by atoms with E-state index in [1.165, 1.54) is 13.2 Å². The van der Waals surface area contributed by atoms with Crippen LogP contribution in [0.15, 0.2) is 23.3 Å². The number of hydrogen-bond acceptors (Lipinski definition) is 4. The van der Waals surface area contributed by atoms with Crippen LogP contribution in [0.4, 0.5) is 11.4 Å². The van der Waals surface area contributed by atoms with Crippen LogP contribution < -0.4 is 5.32 Å². The lowest BCUT2D eigenvalue weighted by atomic mass is 10.1. The van der Waals surface area contributed by atoms with Gasteiger partial charge in [0, 0.05) is 16.6 Å². The van der Waals surface area contributed by atoms with Crippen LogP contribution in [0.25, 0.3) is 10.4 Å². The number of anilines is 1. The van der Waals surface area contributed by atoms with Crippen molar-refractivity contribution in [1.29, 1.82) is 0 Å². The fourth-order valence-electron chi connectivity index (χ4n) is 1.48. The molecule has 0 heterocycles. The van der Waals surface area contributed by atoms with Gasteiger partial charge in [0.15, 0.2) is 0 Å². The number of azide groups is 1. The second-order valence-electron chi connectivity index (χ2n) is 3.83. The Morgan fingerprint density at radius 3 is 2.94 bits per heavy atom. The van der Waals surface area contributed by atoms with E-state index >= 15 is 0 Å². The predicted molar refractivity (Wildman–Crippen MR) is 63.2 cm³/mol. The van der Waals surface area contributed by atoms with Gasteiger partial charge in [-0.1, -0.05) is 5.11 Å². The summed E-state index contributed by atoms with van der Waals surface area (Å²) in [6, 6.07) is 5.35. The van der Waals surface area contributed by atoms with Gasteiger partial charge in [-0.2, -0.15) is 0 Å². The average molecular weight is 232 g/mol. The molecule has 0 spiro atoms. The van der Waals surface area contributed by atoms with E-state index in [-0.39, 0.29) is 0 Å². The van der Waals surface area contributed by atoms with Gasteiger partial charge >= 0.3 is 5.97 Å². The van der Waals surface area contributed by atoms with Crippen LogP contribution >= 0.6 is 0 Å². The van der Waals surface area contributed by atoms with Gasteiger partial charge in [-0.25, -0.2) is 4.79 Å². The largest absolute Gasteiger partial charge is 0.465 e. The molecule has 1 aromatic carbocycles. The molecule has 0 atom stereocenters. The molecule has 1 fully saturated rings. The molecular weight excluding hydrogens is 220 g/mol. The molecule has 1 aliphatic carbocycles. The van der Waals surface area contributed by atoms with Crippen molar-refractivity contribution >= 4 is 17.3 Å². The first-order valence-electron chi connectivity index (χ1n) is 5.28. The number of nitrogens with one attached hydrogen (secondary N) is 1. The van der Waals surface area contributed by atoms with Gasteiger partial charge in [0.05, 0.1) is 18.4 Å². The Kier molecular flexibility index (Phi) is 3.16. The Morgan fingerprint density at radius 1 is 1.59 bits per heavy atom. The zero-order valence-corrected chi connectivity index (χ0v) is 9.38. The summed E-state index contributed by atoms with van der Waals surface area (Å²) in [5.41, 5.74) is 10.0. The molecule has 1 saturated carbocycles. The monoisotopic (exact) mass is 232 g/mol. The number of nitrogens with zero attached hydrogens (tertiary/aromatic N) is 3. The fourth-order valence-corrected chi connectivity index (χ4v) is 1.48. The van der Waals surface area contributed by atoms with Gasteiger partial charge in [-0.15, -0.1) is 0 Å². The number of hydrogen-bond donors (Lipinski definition) is 1. The highest BCUT2D eigenvalue weighted by Crippen LogP contribution is 2.32. The molecule has 6 nitrogen and oxygen atoms in total. The van der Waals surface area contributed by atoms with Crippen LogP contribution in [-0.4, -0.2) is 19.1 Å². The molecule has 0 radical (unpaired) electrons. The van der Waals surface area contributed by atoms with Gasteiger partial charge < -0.3 is 10.1 Å². The zero-order valence-electron chi connectivity index (χ0n) is 9.38. The maximum Gasteiger partial charge on any atom is 0.337 e. The van der Waals surface area contributed by atoms with E-state index in [0.717, 1.165) is 18.5 Å². The summed E-state index contributed by atoms with van der Waals surface area (Å²) < 4.78 is 4.61. The third kappa shape index (κ3) is 2.68. The molecule has 88 valence electrons. The molecule has 6 heteroatoms. The van der Waals surface area contributed by atoms with Crippen molar-refractivity contribution in [3.63, 3.8) is 0 Å². The molecule has 0 aromatic heterocycles. The maximum atomic E-state index is 11.3. The van der Waals surface area contributed by atoms with Crippen molar-refractivity contribution in [3.05, 3.63) is 34.2 Å². The lowest BCUT2D eigenvalue weighted by molar-refractivity contribution is 0.0601. The number of methoxy groups -OCH3 is 1. The summed E-state index contributed by atoms with van der Waals surface area (Å²) in [5, 5.41) is 6.81. The number of carbonyl (C=O) groups excluding carboxylic acids is 1. The van der Waals surface area contributed by atoms with Crippen molar-refractivity contribution in [2.75, 3.05) is 12.4 Å². The van der Waals surface area contributed by atoms with E-state index in [0.29, 0.717) is 17.3 Å². The summed E-state index contributed by atoms with van der Waals surface area (Å²) in [6.07, 6.45) is 2.24. The molecule has 0 amide bonds. The van der Waals surface area contributed by atoms with E-state index in [4.69, 9.17) is 5.53 Å². The van der Waals surface area contributed by atoms with Crippen LogP contribution in [0.3, 0.4) is 0 Å². The minimum atomic E-state index is -0.447.